The average Bonchev–Trinajstić information content (AvgIpc) is 2.29. The molecule has 1 saturated heterocycles. The molecule has 0 unspecified atom stereocenters. The molecule has 3 heteroatoms. The molecule has 2 nitrogen and oxygen atoms in total. The third-order valence-electron chi connectivity index (χ3n) is 3.60. The Morgan fingerprint density at radius 3 is 2.24 bits per heavy atom. The molecule has 0 radical (unpaired) electrons. The lowest BCUT2D eigenvalue weighted by Gasteiger charge is -2.39. The number of rotatable bonds is 3. The summed E-state index contributed by atoms with van der Waals surface area (Å²) >= 11 is 0. The van der Waals surface area contributed by atoms with Gasteiger partial charge in [0.05, 0.1) is 27.2 Å². The summed E-state index contributed by atoms with van der Waals surface area (Å²) in [5, 5.41) is 0. The van der Waals surface area contributed by atoms with Gasteiger partial charge in [-0.3, -0.25) is 4.90 Å². The molecule has 0 spiro atoms. The molecule has 1 fully saturated rings. The van der Waals surface area contributed by atoms with E-state index in [1.54, 1.807) is 0 Å². The van der Waals surface area contributed by atoms with Crippen LogP contribution < -0.4 is 17.0 Å². The van der Waals surface area contributed by atoms with Gasteiger partial charge in [-0.25, -0.2) is 0 Å². The maximum atomic E-state index is 2.59. The van der Waals surface area contributed by atoms with E-state index in [9.17, 15) is 0 Å². The van der Waals surface area contributed by atoms with Gasteiger partial charge in [0.2, 0.25) is 0 Å². The van der Waals surface area contributed by atoms with E-state index < -0.39 is 0 Å². The Labute approximate surface area is 116 Å². The van der Waals surface area contributed by atoms with Crippen molar-refractivity contribution in [3.8, 4) is 0 Å². The Bertz CT molecular complexity index is 314. The zero-order valence-corrected chi connectivity index (χ0v) is 12.5. The molecule has 0 aromatic heterocycles. The SMILES string of the molecule is C[N+]1(C)CCN(CCc2ccccc2)CC1.[Br-]. The van der Waals surface area contributed by atoms with Gasteiger partial charge in [0.1, 0.15) is 0 Å². The largest absolute Gasteiger partial charge is 1.00 e. The second kappa shape index (κ2) is 6.53. The molecule has 0 atom stereocenters. The first-order valence-corrected chi connectivity index (χ1v) is 6.24. The molecule has 0 aliphatic carbocycles. The molecule has 1 aromatic rings. The van der Waals surface area contributed by atoms with Crippen molar-refractivity contribution in [2.75, 3.05) is 46.8 Å². The summed E-state index contributed by atoms with van der Waals surface area (Å²) in [4.78, 5) is 2.59. The van der Waals surface area contributed by atoms with Gasteiger partial charge in [0, 0.05) is 19.6 Å². The Morgan fingerprint density at radius 2 is 1.65 bits per heavy atom. The monoisotopic (exact) mass is 298 g/mol. The predicted molar refractivity (Wildman–Crippen MR) is 68.4 cm³/mol. The first-order chi connectivity index (χ1) is 7.66. The third-order valence-corrected chi connectivity index (χ3v) is 3.60. The van der Waals surface area contributed by atoms with E-state index in [4.69, 9.17) is 0 Å². The Kier molecular flexibility index (Phi) is 5.63. The van der Waals surface area contributed by atoms with Crippen molar-refractivity contribution in [3.05, 3.63) is 35.9 Å². The van der Waals surface area contributed by atoms with E-state index in [0.29, 0.717) is 0 Å². The molecule has 2 rings (SSSR count). The highest BCUT2D eigenvalue weighted by Crippen LogP contribution is 2.08. The summed E-state index contributed by atoms with van der Waals surface area (Å²) in [7, 11) is 4.66. The number of hydrogen-bond donors (Lipinski definition) is 0. The zero-order chi connectivity index (χ0) is 11.4. The van der Waals surface area contributed by atoms with Crippen LogP contribution in [0.25, 0.3) is 0 Å². The second-order valence-electron chi connectivity index (χ2n) is 5.46. The summed E-state index contributed by atoms with van der Waals surface area (Å²) in [5.41, 5.74) is 1.46. The number of likely N-dealkylation sites (N-methyl/N-ethyl adjacent to an activating group) is 1. The van der Waals surface area contributed by atoms with Gasteiger partial charge in [0.15, 0.2) is 0 Å². The second-order valence-corrected chi connectivity index (χ2v) is 5.46. The minimum Gasteiger partial charge on any atom is -1.00 e. The standard InChI is InChI=1S/C14H23N2.BrH/c1-16(2)12-10-15(11-13-16)9-8-14-6-4-3-5-7-14;/h3-7H,8-13H2,1-2H3;1H/q+1;/p-1. The lowest BCUT2D eigenvalue weighted by molar-refractivity contribution is -0.894. The van der Waals surface area contributed by atoms with E-state index in [0.717, 1.165) is 0 Å². The van der Waals surface area contributed by atoms with E-state index in [-0.39, 0.29) is 17.0 Å². The molecule has 0 N–H and O–H groups in total. The maximum Gasteiger partial charge on any atom is 0.0912 e. The summed E-state index contributed by atoms with van der Waals surface area (Å²) in [6, 6.07) is 10.8. The molecule has 1 aliphatic heterocycles. The van der Waals surface area contributed by atoms with Gasteiger partial charge < -0.3 is 21.5 Å². The Balaban J connectivity index is 0.00000144. The van der Waals surface area contributed by atoms with Crippen LogP contribution in [0.4, 0.5) is 0 Å². The molecule has 1 aliphatic rings. The van der Waals surface area contributed by atoms with Crippen LogP contribution in [0.2, 0.25) is 0 Å². The van der Waals surface area contributed by atoms with E-state index in [2.05, 4.69) is 49.3 Å². The van der Waals surface area contributed by atoms with E-state index in [1.165, 1.54) is 49.2 Å². The third kappa shape index (κ3) is 4.78. The number of benzene rings is 1. The minimum atomic E-state index is 0. The van der Waals surface area contributed by atoms with Crippen molar-refractivity contribution in [3.63, 3.8) is 0 Å². The van der Waals surface area contributed by atoms with Crippen molar-refractivity contribution in [1.29, 1.82) is 0 Å². The van der Waals surface area contributed by atoms with Crippen LogP contribution in [-0.2, 0) is 6.42 Å². The van der Waals surface area contributed by atoms with Crippen LogP contribution in [0, 0.1) is 0 Å². The summed E-state index contributed by atoms with van der Waals surface area (Å²) in [5.74, 6) is 0. The van der Waals surface area contributed by atoms with Crippen molar-refractivity contribution in [2.24, 2.45) is 0 Å². The Morgan fingerprint density at radius 1 is 1.06 bits per heavy atom. The van der Waals surface area contributed by atoms with Crippen molar-refractivity contribution < 1.29 is 21.5 Å². The lowest BCUT2D eigenvalue weighted by Crippen LogP contribution is -3.00. The van der Waals surface area contributed by atoms with Gasteiger partial charge >= 0.3 is 0 Å². The highest BCUT2D eigenvalue weighted by atomic mass is 79.9. The van der Waals surface area contributed by atoms with Crippen LogP contribution >= 0.6 is 0 Å². The minimum absolute atomic E-state index is 0. The molecule has 1 aromatic carbocycles. The van der Waals surface area contributed by atoms with Gasteiger partial charge in [-0.2, -0.15) is 0 Å². The van der Waals surface area contributed by atoms with Crippen LogP contribution in [0.3, 0.4) is 0 Å². The zero-order valence-electron chi connectivity index (χ0n) is 10.9. The quantitative estimate of drug-likeness (QED) is 0.622. The molecule has 17 heavy (non-hydrogen) atoms. The first kappa shape index (κ1) is 14.7. The summed E-state index contributed by atoms with van der Waals surface area (Å²) in [6.07, 6.45) is 1.19. The maximum absolute atomic E-state index is 2.59. The molecular weight excluding hydrogens is 276 g/mol. The van der Waals surface area contributed by atoms with Crippen LogP contribution in [-0.4, -0.2) is 56.2 Å². The fourth-order valence-corrected chi connectivity index (χ4v) is 2.20. The fourth-order valence-electron chi connectivity index (χ4n) is 2.20. The number of halogens is 1. The van der Waals surface area contributed by atoms with Gasteiger partial charge in [-0.15, -0.1) is 0 Å². The topological polar surface area (TPSA) is 3.24 Å². The molecule has 0 saturated carbocycles. The van der Waals surface area contributed by atoms with Gasteiger partial charge in [0.25, 0.3) is 0 Å². The average molecular weight is 299 g/mol. The van der Waals surface area contributed by atoms with Gasteiger partial charge in [-0.1, -0.05) is 30.3 Å². The Hall–Kier alpha value is -0.380. The van der Waals surface area contributed by atoms with Crippen molar-refractivity contribution in [2.45, 2.75) is 6.42 Å². The fraction of sp³-hybridized carbons (Fsp3) is 0.571. The summed E-state index contributed by atoms with van der Waals surface area (Å²) < 4.78 is 1.18. The highest BCUT2D eigenvalue weighted by molar-refractivity contribution is 5.14. The number of nitrogens with zero attached hydrogens (tertiary/aromatic N) is 2. The molecule has 0 bridgehead atoms. The van der Waals surface area contributed by atoms with Crippen molar-refractivity contribution in [1.82, 2.24) is 4.90 Å². The summed E-state index contributed by atoms with van der Waals surface area (Å²) in [6.45, 7) is 6.28. The lowest BCUT2D eigenvalue weighted by atomic mass is 10.1. The first-order valence-electron chi connectivity index (χ1n) is 6.24. The molecule has 1 heterocycles. The molecule has 96 valence electrons. The normalized spacial score (nSPS) is 19.6. The molecule has 0 amide bonds. The molecular formula is C14H23BrN2. The van der Waals surface area contributed by atoms with E-state index in [1.807, 2.05) is 0 Å². The van der Waals surface area contributed by atoms with E-state index >= 15 is 0 Å². The van der Waals surface area contributed by atoms with Crippen LogP contribution in [0.1, 0.15) is 5.56 Å². The smallest absolute Gasteiger partial charge is 0.0912 e. The predicted octanol–water partition coefficient (Wildman–Crippen LogP) is -1.37. The van der Waals surface area contributed by atoms with Crippen molar-refractivity contribution >= 4 is 0 Å². The van der Waals surface area contributed by atoms with Gasteiger partial charge in [-0.05, 0) is 12.0 Å². The number of hydrogen-bond acceptors (Lipinski definition) is 1. The van der Waals surface area contributed by atoms with Crippen LogP contribution in [0.5, 0.6) is 0 Å². The number of piperazine rings is 1. The number of quaternary nitrogens is 1. The highest BCUT2D eigenvalue weighted by Gasteiger charge is 2.23. The van der Waals surface area contributed by atoms with Crippen LogP contribution in [0.15, 0.2) is 30.3 Å².